The third-order valence-corrected chi connectivity index (χ3v) is 6.41. The third kappa shape index (κ3) is 5.35. The fourth-order valence-corrected chi connectivity index (χ4v) is 3.92. The van der Waals surface area contributed by atoms with E-state index < -0.39 is 30.0 Å². The maximum atomic E-state index is 13.1. The monoisotopic (exact) mass is 524 g/mol. The molecule has 3 aromatic carbocycles. The van der Waals surface area contributed by atoms with Gasteiger partial charge in [-0.05, 0) is 48.4 Å². The average Bonchev–Trinajstić information content (AvgIpc) is 2.98. The molecule has 3 amide bonds. The molecule has 184 valence electrons. The van der Waals surface area contributed by atoms with Crippen molar-refractivity contribution in [2.75, 3.05) is 11.9 Å². The zero-order chi connectivity index (χ0) is 26.0. The Labute approximate surface area is 217 Å². The van der Waals surface area contributed by atoms with Crippen molar-refractivity contribution in [3.05, 3.63) is 81.8 Å². The third-order valence-electron chi connectivity index (χ3n) is 5.67. The first-order valence-electron chi connectivity index (χ1n) is 10.9. The summed E-state index contributed by atoms with van der Waals surface area (Å²) in [5.74, 6) is -1.08. The van der Waals surface area contributed by atoms with Gasteiger partial charge in [-0.25, -0.2) is 0 Å². The number of carbonyl (C=O) groups excluding carboxylic acids is 3. The molecule has 1 aliphatic rings. The molecule has 0 saturated heterocycles. The van der Waals surface area contributed by atoms with E-state index in [4.69, 9.17) is 33.7 Å². The molecule has 1 heterocycles. The Morgan fingerprint density at radius 1 is 1.03 bits per heavy atom. The van der Waals surface area contributed by atoms with E-state index in [0.29, 0.717) is 32.6 Å². The number of nitrogens with zero attached hydrogens (tertiary/aromatic N) is 2. The van der Waals surface area contributed by atoms with Crippen molar-refractivity contribution in [3.63, 3.8) is 0 Å². The maximum Gasteiger partial charge on any atom is 0.272 e. The summed E-state index contributed by atoms with van der Waals surface area (Å²) < 4.78 is 5.64. The van der Waals surface area contributed by atoms with E-state index in [-0.39, 0.29) is 0 Å². The Hall–Kier alpha value is -3.88. The second-order valence-corrected chi connectivity index (χ2v) is 8.95. The summed E-state index contributed by atoms with van der Waals surface area (Å²) >= 11 is 11.9. The van der Waals surface area contributed by atoms with E-state index in [1.165, 1.54) is 11.0 Å². The van der Waals surface area contributed by atoms with Crippen LogP contribution in [0, 0.1) is 0 Å². The smallest absolute Gasteiger partial charge is 0.272 e. The van der Waals surface area contributed by atoms with Crippen LogP contribution in [-0.4, -0.2) is 43.3 Å². The van der Waals surface area contributed by atoms with Crippen molar-refractivity contribution in [1.82, 2.24) is 5.32 Å². The topological polar surface area (TPSA) is 114 Å². The summed E-state index contributed by atoms with van der Waals surface area (Å²) in [6.07, 6.45) is -0.504. The average molecular weight is 525 g/mol. The lowest BCUT2D eigenvalue weighted by Crippen LogP contribution is -2.49. The highest BCUT2D eigenvalue weighted by molar-refractivity contribution is 6.42. The lowest BCUT2D eigenvalue weighted by atomic mass is 10.0. The van der Waals surface area contributed by atoms with E-state index in [9.17, 15) is 14.4 Å². The number of rotatable bonds is 6. The van der Waals surface area contributed by atoms with Gasteiger partial charge in [0.05, 0.1) is 15.7 Å². The van der Waals surface area contributed by atoms with Crippen molar-refractivity contribution in [2.24, 2.45) is 10.7 Å². The van der Waals surface area contributed by atoms with Crippen LogP contribution in [0.25, 0.3) is 11.1 Å². The second kappa shape index (κ2) is 10.4. The van der Waals surface area contributed by atoms with E-state index in [0.717, 1.165) is 11.1 Å². The number of nitrogens with two attached hydrogens (primary N) is 1. The number of benzene rings is 3. The summed E-state index contributed by atoms with van der Waals surface area (Å²) in [5.41, 5.74) is 8.74. The molecule has 3 aromatic rings. The molecule has 8 nitrogen and oxygen atoms in total. The molecule has 4 rings (SSSR count). The summed E-state index contributed by atoms with van der Waals surface area (Å²) in [6.45, 7) is 1.55. The van der Waals surface area contributed by atoms with Gasteiger partial charge in [-0.3, -0.25) is 19.4 Å². The minimum Gasteiger partial charge on any atom is -0.481 e. The molecule has 0 spiro atoms. The largest absolute Gasteiger partial charge is 0.481 e. The van der Waals surface area contributed by atoms with E-state index >= 15 is 0 Å². The SMILES string of the molecule is CC(Oc1ccc(Cl)c(Cl)c1)C(=O)NC1N=Cc2ccc(-c3ccc(C(N)=O)cc3)cc2N(C)C1=O. The van der Waals surface area contributed by atoms with Gasteiger partial charge in [0.2, 0.25) is 12.1 Å². The summed E-state index contributed by atoms with van der Waals surface area (Å²) in [5, 5.41) is 3.29. The Bertz CT molecular complexity index is 1370. The van der Waals surface area contributed by atoms with Crippen LogP contribution in [0.4, 0.5) is 5.69 Å². The Morgan fingerprint density at radius 3 is 2.39 bits per heavy atom. The molecular formula is C26H22Cl2N4O4. The number of carbonyl (C=O) groups is 3. The van der Waals surface area contributed by atoms with Crippen LogP contribution in [-0.2, 0) is 9.59 Å². The predicted octanol–water partition coefficient (Wildman–Crippen LogP) is 4.06. The first-order chi connectivity index (χ1) is 17.1. The van der Waals surface area contributed by atoms with Gasteiger partial charge in [-0.1, -0.05) is 47.5 Å². The molecule has 36 heavy (non-hydrogen) atoms. The van der Waals surface area contributed by atoms with Crippen LogP contribution < -0.4 is 20.7 Å². The molecule has 0 radical (unpaired) electrons. The van der Waals surface area contributed by atoms with Crippen LogP contribution in [0.3, 0.4) is 0 Å². The van der Waals surface area contributed by atoms with Crippen molar-refractivity contribution in [2.45, 2.75) is 19.2 Å². The van der Waals surface area contributed by atoms with E-state index in [1.54, 1.807) is 56.6 Å². The lowest BCUT2D eigenvalue weighted by molar-refractivity contribution is -0.131. The highest BCUT2D eigenvalue weighted by Crippen LogP contribution is 2.30. The van der Waals surface area contributed by atoms with Crippen LogP contribution >= 0.6 is 23.2 Å². The first kappa shape index (κ1) is 25.2. The van der Waals surface area contributed by atoms with Crippen LogP contribution in [0.2, 0.25) is 10.0 Å². The highest BCUT2D eigenvalue weighted by Gasteiger charge is 2.29. The van der Waals surface area contributed by atoms with Crippen LogP contribution in [0.15, 0.2) is 65.7 Å². The van der Waals surface area contributed by atoms with Gasteiger partial charge in [0.1, 0.15) is 5.75 Å². The molecule has 3 N–H and O–H groups in total. The van der Waals surface area contributed by atoms with Crippen LogP contribution in [0.1, 0.15) is 22.8 Å². The van der Waals surface area contributed by atoms with Gasteiger partial charge in [0.15, 0.2) is 6.10 Å². The molecule has 1 aliphatic heterocycles. The first-order valence-corrected chi connectivity index (χ1v) is 11.7. The minimum atomic E-state index is -1.13. The number of nitrogens with one attached hydrogen (secondary N) is 1. The number of ether oxygens (including phenoxy) is 1. The number of likely N-dealkylation sites (N-methyl/N-ethyl adjacent to an activating group) is 1. The van der Waals surface area contributed by atoms with E-state index in [1.807, 2.05) is 18.2 Å². The number of fused-ring (bicyclic) bond motifs is 1. The number of hydrogen-bond donors (Lipinski definition) is 2. The molecule has 0 aliphatic carbocycles. The number of aliphatic imine (C=N–C) groups is 1. The number of anilines is 1. The van der Waals surface area contributed by atoms with Gasteiger partial charge in [0, 0.05) is 30.5 Å². The van der Waals surface area contributed by atoms with Gasteiger partial charge in [-0.2, -0.15) is 0 Å². The quantitative estimate of drug-likeness (QED) is 0.505. The van der Waals surface area contributed by atoms with Gasteiger partial charge >= 0.3 is 0 Å². The molecule has 10 heteroatoms. The molecule has 0 saturated carbocycles. The maximum absolute atomic E-state index is 13.1. The van der Waals surface area contributed by atoms with Crippen molar-refractivity contribution < 1.29 is 19.1 Å². The zero-order valence-electron chi connectivity index (χ0n) is 19.4. The van der Waals surface area contributed by atoms with Crippen molar-refractivity contribution in [3.8, 4) is 16.9 Å². The van der Waals surface area contributed by atoms with Crippen molar-refractivity contribution in [1.29, 1.82) is 0 Å². The predicted molar refractivity (Wildman–Crippen MR) is 140 cm³/mol. The molecular weight excluding hydrogens is 503 g/mol. The number of benzodiazepines with no additional fused rings is 1. The number of hydrogen-bond acceptors (Lipinski definition) is 5. The summed E-state index contributed by atoms with van der Waals surface area (Å²) in [4.78, 5) is 43.0. The standard InChI is InChI=1S/C26H22Cl2N4O4/c1-14(36-19-9-10-20(27)21(28)12-19)25(34)31-24-26(35)32(2)22-11-17(7-8-18(22)13-30-24)15-3-5-16(6-4-15)23(29)33/h3-14,24H,1-2H3,(H2,29,33)(H,31,34). The fourth-order valence-electron chi connectivity index (χ4n) is 3.63. The Morgan fingerprint density at radius 2 is 1.72 bits per heavy atom. The van der Waals surface area contributed by atoms with Gasteiger partial charge < -0.3 is 20.7 Å². The van der Waals surface area contributed by atoms with Gasteiger partial charge in [-0.15, -0.1) is 0 Å². The molecule has 2 atom stereocenters. The Kier molecular flexibility index (Phi) is 7.28. The molecule has 2 unspecified atom stereocenters. The zero-order valence-corrected chi connectivity index (χ0v) is 20.9. The van der Waals surface area contributed by atoms with Crippen LogP contribution in [0.5, 0.6) is 5.75 Å². The highest BCUT2D eigenvalue weighted by atomic mass is 35.5. The number of amides is 3. The van der Waals surface area contributed by atoms with Crippen molar-refractivity contribution >= 4 is 52.8 Å². The number of halogens is 2. The molecule has 0 aromatic heterocycles. The minimum absolute atomic E-state index is 0.299. The summed E-state index contributed by atoms with van der Waals surface area (Å²) in [7, 11) is 1.62. The summed E-state index contributed by atoms with van der Waals surface area (Å²) in [6, 6.07) is 17.1. The van der Waals surface area contributed by atoms with E-state index in [2.05, 4.69) is 10.3 Å². The second-order valence-electron chi connectivity index (χ2n) is 8.14. The van der Waals surface area contributed by atoms with Gasteiger partial charge in [0.25, 0.3) is 11.8 Å². The number of primary amides is 1. The Balaban J connectivity index is 1.49. The molecule has 0 bridgehead atoms. The lowest BCUT2D eigenvalue weighted by Gasteiger charge is -2.23. The molecule has 0 fully saturated rings. The fraction of sp³-hybridized carbons (Fsp3) is 0.154. The normalized spacial score (nSPS) is 15.6.